The van der Waals surface area contributed by atoms with Crippen LogP contribution in [-0.2, 0) is 20.8 Å². The number of rotatable bonds is 7. The van der Waals surface area contributed by atoms with Crippen LogP contribution in [0.5, 0.6) is 0 Å². The van der Waals surface area contributed by atoms with Gasteiger partial charge in [-0.3, -0.25) is 4.21 Å². The van der Waals surface area contributed by atoms with Gasteiger partial charge >= 0.3 is 5.97 Å². The minimum Gasteiger partial charge on any atom is -0.478 e. The smallest absolute Gasteiger partial charge is 0.335 e. The molecular formula is C12H16BrNO5S2. The van der Waals surface area contributed by atoms with Gasteiger partial charge in [-0.2, -0.15) is 0 Å². The lowest BCUT2D eigenvalue weighted by Gasteiger charge is -2.11. The number of carboxylic acid groups (broad SMARTS) is 1. The summed E-state index contributed by atoms with van der Waals surface area (Å²) in [5, 5.41) is 9.00. The largest absolute Gasteiger partial charge is 0.478 e. The lowest BCUT2D eigenvalue weighted by atomic mass is 10.1. The minimum atomic E-state index is -3.83. The second-order valence-electron chi connectivity index (χ2n) is 4.44. The van der Waals surface area contributed by atoms with E-state index in [9.17, 15) is 17.4 Å². The number of halogens is 1. The molecule has 2 N–H and O–H groups in total. The second-order valence-corrected chi connectivity index (χ2v) is 8.52. The van der Waals surface area contributed by atoms with Crippen LogP contribution in [0.15, 0.2) is 21.5 Å². The van der Waals surface area contributed by atoms with Gasteiger partial charge in [-0.25, -0.2) is 17.9 Å². The molecule has 0 amide bonds. The highest BCUT2D eigenvalue weighted by Gasteiger charge is 2.21. The number of aromatic carboxylic acids is 1. The highest BCUT2D eigenvalue weighted by Crippen LogP contribution is 2.27. The van der Waals surface area contributed by atoms with Gasteiger partial charge in [-0.05, 0) is 47.0 Å². The van der Waals surface area contributed by atoms with Crippen molar-refractivity contribution in [2.75, 3.05) is 18.6 Å². The Hall–Kier alpha value is -0.770. The van der Waals surface area contributed by atoms with Gasteiger partial charge in [0.05, 0.1) is 10.5 Å². The third-order valence-corrected chi connectivity index (χ3v) is 6.32. The first-order valence-corrected chi connectivity index (χ1v) is 9.98. The van der Waals surface area contributed by atoms with Crippen molar-refractivity contribution in [1.29, 1.82) is 0 Å². The van der Waals surface area contributed by atoms with E-state index in [2.05, 4.69) is 20.7 Å². The molecule has 0 aliphatic rings. The van der Waals surface area contributed by atoms with E-state index in [1.165, 1.54) is 6.07 Å². The molecule has 9 heteroatoms. The van der Waals surface area contributed by atoms with Crippen molar-refractivity contribution >= 4 is 42.7 Å². The summed E-state index contributed by atoms with van der Waals surface area (Å²) in [6, 6.07) is 2.51. The van der Waals surface area contributed by atoms with Crippen LogP contribution in [0, 0.1) is 6.92 Å². The fourth-order valence-corrected chi connectivity index (χ4v) is 4.28. The van der Waals surface area contributed by atoms with E-state index in [-0.39, 0.29) is 17.0 Å². The maximum absolute atomic E-state index is 12.2. The molecule has 0 radical (unpaired) electrons. The van der Waals surface area contributed by atoms with Crippen molar-refractivity contribution in [2.45, 2.75) is 18.2 Å². The number of carbonyl (C=O) groups is 1. The summed E-state index contributed by atoms with van der Waals surface area (Å²) in [7, 11) is -4.80. The van der Waals surface area contributed by atoms with Crippen molar-refractivity contribution in [2.24, 2.45) is 0 Å². The second kappa shape index (κ2) is 7.48. The lowest BCUT2D eigenvalue weighted by molar-refractivity contribution is 0.0696. The maximum Gasteiger partial charge on any atom is 0.335 e. The Labute approximate surface area is 134 Å². The molecule has 0 spiro atoms. The first-order valence-electron chi connectivity index (χ1n) is 5.98. The summed E-state index contributed by atoms with van der Waals surface area (Å²) >= 11 is 3.17. The number of hydrogen-bond donors (Lipinski definition) is 2. The van der Waals surface area contributed by atoms with Gasteiger partial charge in [0.2, 0.25) is 10.0 Å². The van der Waals surface area contributed by atoms with Crippen molar-refractivity contribution in [1.82, 2.24) is 4.72 Å². The average Bonchev–Trinajstić information content (AvgIpc) is 2.37. The van der Waals surface area contributed by atoms with E-state index in [1.807, 2.05) is 0 Å². The topological polar surface area (TPSA) is 101 Å². The van der Waals surface area contributed by atoms with Crippen LogP contribution in [0.25, 0.3) is 0 Å². The lowest BCUT2D eigenvalue weighted by Crippen LogP contribution is -2.26. The van der Waals surface area contributed by atoms with E-state index in [0.717, 1.165) is 6.07 Å². The molecule has 0 bridgehead atoms. The Kier molecular flexibility index (Phi) is 6.51. The van der Waals surface area contributed by atoms with E-state index < -0.39 is 26.8 Å². The predicted octanol–water partition coefficient (Wildman–Crippen LogP) is 1.50. The van der Waals surface area contributed by atoms with Crippen LogP contribution in [0.3, 0.4) is 0 Å². The monoisotopic (exact) mass is 397 g/mol. The molecule has 0 saturated heterocycles. The number of aryl methyl sites for hydroxylation is 1. The molecule has 0 aromatic heterocycles. The van der Waals surface area contributed by atoms with Crippen molar-refractivity contribution in [3.63, 3.8) is 0 Å². The number of nitrogens with one attached hydrogen (secondary N) is 1. The molecule has 1 aromatic rings. The molecule has 0 heterocycles. The molecule has 1 atom stereocenters. The van der Waals surface area contributed by atoms with Gasteiger partial charge in [0.15, 0.2) is 0 Å². The zero-order valence-electron chi connectivity index (χ0n) is 11.6. The molecule has 0 saturated carbocycles. The first-order chi connectivity index (χ1) is 9.65. The zero-order chi connectivity index (χ0) is 16.2. The highest BCUT2D eigenvalue weighted by atomic mass is 79.9. The van der Waals surface area contributed by atoms with Crippen LogP contribution in [0.1, 0.15) is 22.3 Å². The maximum atomic E-state index is 12.2. The SMILES string of the molecule is Cc1cc(C(=O)O)cc(S(=O)(=O)NCCCS(C)=O)c1Br. The number of hydrogen-bond acceptors (Lipinski definition) is 4. The Morgan fingerprint density at radius 2 is 2.05 bits per heavy atom. The predicted molar refractivity (Wildman–Crippen MR) is 84.6 cm³/mol. The highest BCUT2D eigenvalue weighted by molar-refractivity contribution is 9.10. The Balaban J connectivity index is 3.02. The van der Waals surface area contributed by atoms with Crippen LogP contribution >= 0.6 is 15.9 Å². The molecule has 6 nitrogen and oxygen atoms in total. The van der Waals surface area contributed by atoms with Gasteiger partial charge in [0, 0.05) is 33.8 Å². The van der Waals surface area contributed by atoms with Gasteiger partial charge in [-0.15, -0.1) is 0 Å². The van der Waals surface area contributed by atoms with E-state index in [4.69, 9.17) is 5.11 Å². The van der Waals surface area contributed by atoms with Gasteiger partial charge in [0.1, 0.15) is 0 Å². The van der Waals surface area contributed by atoms with E-state index >= 15 is 0 Å². The van der Waals surface area contributed by atoms with Crippen LogP contribution < -0.4 is 4.72 Å². The molecular weight excluding hydrogens is 382 g/mol. The number of benzene rings is 1. The Morgan fingerprint density at radius 1 is 1.43 bits per heavy atom. The molecule has 1 rings (SSSR count). The standard InChI is InChI=1S/C12H16BrNO5S2/c1-8-6-9(12(15)16)7-10(11(8)13)21(18,19)14-4-3-5-20(2)17/h6-7,14H,3-5H2,1-2H3,(H,15,16). The average molecular weight is 398 g/mol. The Morgan fingerprint density at radius 3 is 2.57 bits per heavy atom. The molecule has 0 fully saturated rings. The molecule has 118 valence electrons. The third-order valence-electron chi connectivity index (χ3n) is 2.66. The van der Waals surface area contributed by atoms with E-state index in [1.54, 1.807) is 13.2 Å². The summed E-state index contributed by atoms with van der Waals surface area (Å²) in [6.07, 6.45) is 1.99. The number of carboxylic acids is 1. The van der Waals surface area contributed by atoms with E-state index in [0.29, 0.717) is 22.2 Å². The summed E-state index contributed by atoms with van der Waals surface area (Å²) in [5.41, 5.74) is 0.427. The fourth-order valence-electron chi connectivity index (χ4n) is 1.62. The van der Waals surface area contributed by atoms with Crippen LogP contribution in [0.2, 0.25) is 0 Å². The van der Waals surface area contributed by atoms with Gasteiger partial charge in [-0.1, -0.05) is 0 Å². The molecule has 0 aliphatic carbocycles. The summed E-state index contributed by atoms with van der Waals surface area (Å²) in [6.45, 7) is 1.76. The third kappa shape index (κ3) is 5.17. The molecule has 1 aromatic carbocycles. The molecule has 0 aliphatic heterocycles. The van der Waals surface area contributed by atoms with Crippen molar-refractivity contribution < 1.29 is 22.5 Å². The Bertz CT molecular complexity index is 672. The summed E-state index contributed by atoms with van der Waals surface area (Å²) in [5.74, 6) is -0.791. The van der Waals surface area contributed by atoms with Gasteiger partial charge < -0.3 is 5.11 Å². The number of sulfonamides is 1. The minimum absolute atomic E-state index is 0.0919. The van der Waals surface area contributed by atoms with Crippen molar-refractivity contribution in [3.8, 4) is 0 Å². The summed E-state index contributed by atoms with van der Waals surface area (Å²) in [4.78, 5) is 10.9. The summed E-state index contributed by atoms with van der Waals surface area (Å²) < 4.78 is 38.1. The first kappa shape index (κ1) is 18.3. The molecule has 21 heavy (non-hydrogen) atoms. The zero-order valence-corrected chi connectivity index (χ0v) is 14.8. The fraction of sp³-hybridized carbons (Fsp3) is 0.417. The van der Waals surface area contributed by atoms with Crippen LogP contribution in [-0.4, -0.2) is 42.3 Å². The quantitative estimate of drug-likeness (QED) is 0.678. The van der Waals surface area contributed by atoms with Gasteiger partial charge in [0.25, 0.3) is 0 Å². The molecule has 1 unspecified atom stereocenters. The van der Waals surface area contributed by atoms with Crippen LogP contribution in [0.4, 0.5) is 0 Å². The normalized spacial score (nSPS) is 13.1. The van der Waals surface area contributed by atoms with Crippen molar-refractivity contribution in [3.05, 3.63) is 27.7 Å².